The molecule has 2 aromatic rings. The first kappa shape index (κ1) is 12.3. The van der Waals surface area contributed by atoms with Gasteiger partial charge in [-0.1, -0.05) is 36.4 Å². The third-order valence-corrected chi connectivity index (χ3v) is 2.16. The maximum atomic E-state index is 11.8. The van der Waals surface area contributed by atoms with Crippen LogP contribution in [0.5, 0.6) is 0 Å². The zero-order valence-electron chi connectivity index (χ0n) is 8.26. The fourth-order valence-corrected chi connectivity index (χ4v) is 1.39. The van der Waals surface area contributed by atoms with Crippen LogP contribution in [-0.4, -0.2) is 20.9 Å². The summed E-state index contributed by atoms with van der Waals surface area (Å²) in [7, 11) is 0. The number of ketones is 1. The van der Waals surface area contributed by atoms with E-state index in [1.165, 1.54) is 0 Å². The van der Waals surface area contributed by atoms with E-state index < -0.39 is 0 Å². The van der Waals surface area contributed by atoms with Gasteiger partial charge in [0.05, 0.1) is 6.42 Å². The van der Waals surface area contributed by atoms with Crippen molar-refractivity contribution in [1.29, 1.82) is 0 Å². The van der Waals surface area contributed by atoms with E-state index in [4.69, 9.17) is 0 Å². The predicted molar refractivity (Wildman–Crippen MR) is 67.3 cm³/mol. The van der Waals surface area contributed by atoms with Gasteiger partial charge in [0.15, 0.2) is 5.78 Å². The van der Waals surface area contributed by atoms with Crippen LogP contribution in [0, 0.1) is 0 Å². The monoisotopic (exact) mass is 208 g/mol. The number of benzene rings is 1. The van der Waals surface area contributed by atoms with Gasteiger partial charge in [0.25, 0.3) is 0 Å². The summed E-state index contributed by atoms with van der Waals surface area (Å²) in [6, 6.07) is 14.9. The van der Waals surface area contributed by atoms with Crippen LogP contribution >= 0.6 is 0 Å². The molecule has 78 valence electrons. The fourth-order valence-electron chi connectivity index (χ4n) is 1.39. The molecule has 2 rings (SSSR count). The van der Waals surface area contributed by atoms with Gasteiger partial charge in [0, 0.05) is 17.5 Å². The van der Waals surface area contributed by atoms with E-state index in [0.29, 0.717) is 6.42 Å². The van der Waals surface area contributed by atoms with Crippen LogP contribution in [0.1, 0.15) is 16.1 Å². The quantitative estimate of drug-likeness (QED) is 0.566. The van der Waals surface area contributed by atoms with Gasteiger partial charge in [-0.25, -0.2) is 0 Å². The fraction of sp³-hybridized carbons (Fsp3) is 0.0769. The van der Waals surface area contributed by atoms with Gasteiger partial charge >= 0.3 is 10.1 Å². The molecule has 0 unspecified atom stereocenters. The summed E-state index contributed by atoms with van der Waals surface area (Å²) in [5.74, 6) is 0.106. The van der Waals surface area contributed by atoms with Gasteiger partial charge in [0.1, 0.15) is 0 Å². The molecule has 0 amide bonds. The van der Waals surface area contributed by atoms with Crippen LogP contribution < -0.4 is 0 Å². The van der Waals surface area contributed by atoms with Crippen molar-refractivity contribution in [1.82, 2.24) is 4.98 Å². The second kappa shape index (κ2) is 5.94. The molecule has 3 heteroatoms. The van der Waals surface area contributed by atoms with E-state index in [1.807, 2.05) is 48.5 Å². The van der Waals surface area contributed by atoms with Gasteiger partial charge in [-0.3, -0.25) is 9.78 Å². The number of hydrogen-bond acceptors (Lipinski definition) is 2. The van der Waals surface area contributed by atoms with Gasteiger partial charge in [-0.2, -0.15) is 0 Å². The number of Topliss-reactive ketones (excluding diaryl/α,β-unsaturated/α-hetero) is 1. The first-order chi connectivity index (χ1) is 7.36. The molecule has 1 aromatic heterocycles. The minimum atomic E-state index is 0. The summed E-state index contributed by atoms with van der Waals surface area (Å²) >= 11 is 0. The molecule has 0 saturated carbocycles. The van der Waals surface area contributed by atoms with Crippen molar-refractivity contribution < 1.29 is 4.79 Å². The van der Waals surface area contributed by atoms with Crippen LogP contribution in [0.2, 0.25) is 0 Å². The molecule has 1 aromatic carbocycles. The number of pyridine rings is 1. The zero-order chi connectivity index (χ0) is 10.5. The standard InChI is InChI=1S/C13H11NO.Be.2H/c15-13(11-6-2-1-3-7-11)10-12-8-4-5-9-14-12;;;/h1-9H,10H2;;;. The van der Waals surface area contributed by atoms with E-state index in [0.717, 1.165) is 11.3 Å². The molecular weight excluding hydrogens is 195 g/mol. The number of carbonyl (C=O) groups is 1. The van der Waals surface area contributed by atoms with E-state index >= 15 is 0 Å². The third-order valence-electron chi connectivity index (χ3n) is 2.16. The average molecular weight is 208 g/mol. The molecule has 0 spiro atoms. The number of carbonyl (C=O) groups excluding carboxylic acids is 1. The summed E-state index contributed by atoms with van der Waals surface area (Å²) in [4.78, 5) is 15.9. The SMILES string of the molecule is O=C(Cc1ccccn1)c1ccccc1.[BeH2]. The Bertz CT molecular complexity index is 442. The Kier molecular flexibility index (Phi) is 4.56. The molecule has 0 bridgehead atoms. The van der Waals surface area contributed by atoms with Gasteiger partial charge in [-0.05, 0) is 12.1 Å². The number of nitrogens with zero attached hydrogens (tertiary/aromatic N) is 1. The summed E-state index contributed by atoms with van der Waals surface area (Å²) in [6.07, 6.45) is 2.07. The van der Waals surface area contributed by atoms with Gasteiger partial charge in [-0.15, -0.1) is 0 Å². The van der Waals surface area contributed by atoms with Crippen LogP contribution in [-0.2, 0) is 6.42 Å². The average Bonchev–Trinajstić information content (AvgIpc) is 2.31. The molecule has 0 saturated heterocycles. The second-order valence-corrected chi connectivity index (χ2v) is 3.29. The minimum absolute atomic E-state index is 0. The van der Waals surface area contributed by atoms with E-state index in [9.17, 15) is 4.79 Å². The summed E-state index contributed by atoms with van der Waals surface area (Å²) in [5, 5.41) is 0. The molecule has 0 N–H and O–H groups in total. The van der Waals surface area contributed by atoms with E-state index in [-0.39, 0.29) is 15.9 Å². The molecule has 0 aliphatic heterocycles. The van der Waals surface area contributed by atoms with Crippen LogP contribution in [0.15, 0.2) is 54.7 Å². The van der Waals surface area contributed by atoms with Gasteiger partial charge < -0.3 is 0 Å². The Hall–Kier alpha value is -1.79. The number of hydrogen-bond donors (Lipinski definition) is 0. The number of aromatic nitrogens is 1. The molecule has 0 radical (unpaired) electrons. The van der Waals surface area contributed by atoms with Crippen LogP contribution in [0.4, 0.5) is 0 Å². The summed E-state index contributed by atoms with van der Waals surface area (Å²) < 4.78 is 0. The molecule has 1 heterocycles. The molecule has 0 aliphatic carbocycles. The Labute approximate surface area is 98.6 Å². The van der Waals surface area contributed by atoms with Crippen LogP contribution in [0.3, 0.4) is 0 Å². The van der Waals surface area contributed by atoms with Crippen molar-refractivity contribution in [3.8, 4) is 0 Å². The van der Waals surface area contributed by atoms with Crippen LogP contribution in [0.25, 0.3) is 0 Å². The van der Waals surface area contributed by atoms with E-state index in [1.54, 1.807) is 6.20 Å². The number of rotatable bonds is 3. The molecular formula is C13H13BeNO. The molecule has 0 atom stereocenters. The second-order valence-electron chi connectivity index (χ2n) is 3.29. The van der Waals surface area contributed by atoms with Gasteiger partial charge in [0.2, 0.25) is 0 Å². The Morgan fingerprint density at radius 2 is 1.69 bits per heavy atom. The Morgan fingerprint density at radius 1 is 1.00 bits per heavy atom. The van der Waals surface area contributed by atoms with Crippen molar-refractivity contribution in [3.05, 3.63) is 66.0 Å². The molecule has 2 nitrogen and oxygen atoms in total. The van der Waals surface area contributed by atoms with Crippen molar-refractivity contribution in [3.63, 3.8) is 0 Å². The molecule has 0 aliphatic rings. The first-order valence-corrected chi connectivity index (χ1v) is 4.84. The van der Waals surface area contributed by atoms with Crippen molar-refractivity contribution in [2.75, 3.05) is 0 Å². The Morgan fingerprint density at radius 3 is 2.31 bits per heavy atom. The van der Waals surface area contributed by atoms with E-state index in [2.05, 4.69) is 4.98 Å². The van der Waals surface area contributed by atoms with Crippen molar-refractivity contribution in [2.24, 2.45) is 0 Å². The molecule has 0 fully saturated rings. The maximum absolute atomic E-state index is 11.8. The third kappa shape index (κ3) is 3.11. The Balaban J connectivity index is 0.00000128. The summed E-state index contributed by atoms with van der Waals surface area (Å²) in [5.41, 5.74) is 1.55. The topological polar surface area (TPSA) is 30.0 Å². The first-order valence-electron chi connectivity index (χ1n) is 4.84. The molecule has 16 heavy (non-hydrogen) atoms. The zero-order valence-corrected chi connectivity index (χ0v) is 8.26. The predicted octanol–water partition coefficient (Wildman–Crippen LogP) is 1.59. The summed E-state index contributed by atoms with van der Waals surface area (Å²) in [6.45, 7) is 0. The van der Waals surface area contributed by atoms with Crippen molar-refractivity contribution >= 4 is 15.9 Å². The van der Waals surface area contributed by atoms with Crippen molar-refractivity contribution in [2.45, 2.75) is 6.42 Å². The normalized spacial score (nSPS) is 9.25.